The molecule has 0 radical (unpaired) electrons. The fourth-order valence-electron chi connectivity index (χ4n) is 3.23. The van der Waals surface area contributed by atoms with Gasteiger partial charge in [0.1, 0.15) is 5.82 Å². The molecule has 0 aliphatic heterocycles. The number of hydrogen-bond donors (Lipinski definition) is 1. The van der Waals surface area contributed by atoms with Crippen LogP contribution in [0.25, 0.3) is 11.0 Å². The third kappa shape index (κ3) is 3.92. The summed E-state index contributed by atoms with van der Waals surface area (Å²) in [6, 6.07) is 22.0. The van der Waals surface area contributed by atoms with Gasteiger partial charge in [-0.3, -0.25) is 4.79 Å². The van der Waals surface area contributed by atoms with E-state index in [2.05, 4.69) is 40.2 Å². The Kier molecular flexibility index (Phi) is 5.01. The SMILES string of the molecule is O=C(NCCc1nc2ccccc2n1CCc1ccccc1)c1ccco1. The number of benzene rings is 2. The number of carbonyl (C=O) groups excluding carboxylic acids is 1. The molecular formula is C22H21N3O2. The summed E-state index contributed by atoms with van der Waals surface area (Å²) >= 11 is 0. The Labute approximate surface area is 157 Å². The van der Waals surface area contributed by atoms with Gasteiger partial charge in [-0.15, -0.1) is 0 Å². The Hall–Kier alpha value is -3.34. The minimum absolute atomic E-state index is 0.202. The molecule has 4 rings (SSSR count). The highest BCUT2D eigenvalue weighted by molar-refractivity contribution is 5.91. The largest absolute Gasteiger partial charge is 0.459 e. The second-order valence-electron chi connectivity index (χ2n) is 6.39. The summed E-state index contributed by atoms with van der Waals surface area (Å²) in [5.41, 5.74) is 3.41. The van der Waals surface area contributed by atoms with Crippen molar-refractivity contribution in [2.75, 3.05) is 6.54 Å². The van der Waals surface area contributed by atoms with Crippen LogP contribution in [0.1, 0.15) is 21.9 Å². The molecule has 0 fully saturated rings. The Bertz CT molecular complexity index is 1020. The fourth-order valence-corrected chi connectivity index (χ4v) is 3.23. The first kappa shape index (κ1) is 17.1. The normalized spacial score (nSPS) is 11.0. The number of imidazole rings is 1. The molecule has 27 heavy (non-hydrogen) atoms. The number of carbonyl (C=O) groups is 1. The number of rotatable bonds is 7. The van der Waals surface area contributed by atoms with Crippen molar-refractivity contribution in [3.8, 4) is 0 Å². The molecule has 0 saturated heterocycles. The van der Waals surface area contributed by atoms with Crippen LogP contribution in [0.5, 0.6) is 0 Å². The average Bonchev–Trinajstić information content (AvgIpc) is 3.35. The molecule has 2 aromatic heterocycles. The van der Waals surface area contributed by atoms with E-state index in [0.29, 0.717) is 18.7 Å². The van der Waals surface area contributed by atoms with Gasteiger partial charge in [-0.05, 0) is 36.2 Å². The molecule has 0 spiro atoms. The van der Waals surface area contributed by atoms with E-state index in [-0.39, 0.29) is 5.91 Å². The van der Waals surface area contributed by atoms with Crippen molar-refractivity contribution in [2.24, 2.45) is 0 Å². The minimum atomic E-state index is -0.202. The van der Waals surface area contributed by atoms with E-state index in [0.717, 1.165) is 29.8 Å². The number of nitrogens with one attached hydrogen (secondary N) is 1. The van der Waals surface area contributed by atoms with Crippen molar-refractivity contribution in [1.82, 2.24) is 14.9 Å². The standard InChI is InChI=1S/C22H21N3O2/c26-22(20-11-6-16-27-20)23-14-12-21-24-18-9-4-5-10-19(18)25(21)15-13-17-7-2-1-3-8-17/h1-11,16H,12-15H2,(H,23,26). The van der Waals surface area contributed by atoms with Gasteiger partial charge in [0.2, 0.25) is 0 Å². The Morgan fingerprint density at radius 3 is 2.59 bits per heavy atom. The number of para-hydroxylation sites is 2. The predicted octanol–water partition coefficient (Wildman–Crippen LogP) is 3.84. The first-order valence-corrected chi connectivity index (χ1v) is 9.11. The molecule has 0 unspecified atom stereocenters. The zero-order chi connectivity index (χ0) is 18.5. The predicted molar refractivity (Wildman–Crippen MR) is 105 cm³/mol. The molecule has 0 saturated carbocycles. The van der Waals surface area contributed by atoms with Gasteiger partial charge in [-0.25, -0.2) is 4.98 Å². The van der Waals surface area contributed by atoms with Crippen molar-refractivity contribution in [3.63, 3.8) is 0 Å². The van der Waals surface area contributed by atoms with E-state index in [1.807, 2.05) is 24.3 Å². The number of fused-ring (bicyclic) bond motifs is 1. The van der Waals surface area contributed by atoms with Crippen molar-refractivity contribution < 1.29 is 9.21 Å². The molecule has 1 amide bonds. The fraction of sp³-hybridized carbons (Fsp3) is 0.182. The van der Waals surface area contributed by atoms with E-state index >= 15 is 0 Å². The lowest BCUT2D eigenvalue weighted by Gasteiger charge is -2.10. The summed E-state index contributed by atoms with van der Waals surface area (Å²) < 4.78 is 7.38. The maximum atomic E-state index is 12.0. The van der Waals surface area contributed by atoms with Gasteiger partial charge >= 0.3 is 0 Å². The maximum absolute atomic E-state index is 12.0. The lowest BCUT2D eigenvalue weighted by molar-refractivity contribution is 0.0926. The van der Waals surface area contributed by atoms with Gasteiger partial charge in [0.05, 0.1) is 17.3 Å². The van der Waals surface area contributed by atoms with Crippen LogP contribution < -0.4 is 5.32 Å². The van der Waals surface area contributed by atoms with Gasteiger partial charge in [-0.2, -0.15) is 0 Å². The molecule has 0 aliphatic carbocycles. The number of aromatic nitrogens is 2. The average molecular weight is 359 g/mol. The van der Waals surface area contributed by atoms with Gasteiger partial charge in [0.15, 0.2) is 5.76 Å². The molecule has 4 aromatic rings. The molecule has 0 atom stereocenters. The third-order valence-corrected chi connectivity index (χ3v) is 4.58. The van der Waals surface area contributed by atoms with Crippen LogP contribution in [-0.4, -0.2) is 22.0 Å². The minimum Gasteiger partial charge on any atom is -0.459 e. The second kappa shape index (κ2) is 7.91. The van der Waals surface area contributed by atoms with Gasteiger partial charge in [0.25, 0.3) is 5.91 Å². The molecule has 136 valence electrons. The van der Waals surface area contributed by atoms with Gasteiger partial charge < -0.3 is 14.3 Å². The lowest BCUT2D eigenvalue weighted by atomic mass is 10.1. The van der Waals surface area contributed by atoms with E-state index in [4.69, 9.17) is 9.40 Å². The van der Waals surface area contributed by atoms with Crippen LogP contribution in [0.3, 0.4) is 0 Å². The zero-order valence-corrected chi connectivity index (χ0v) is 15.0. The molecule has 0 aliphatic rings. The van der Waals surface area contributed by atoms with Crippen molar-refractivity contribution in [2.45, 2.75) is 19.4 Å². The van der Waals surface area contributed by atoms with E-state index in [1.54, 1.807) is 12.1 Å². The topological polar surface area (TPSA) is 60.1 Å². The number of furan rings is 1. The molecule has 5 heteroatoms. The molecule has 1 N–H and O–H groups in total. The molecule has 5 nitrogen and oxygen atoms in total. The van der Waals surface area contributed by atoms with Crippen LogP contribution in [0.4, 0.5) is 0 Å². The summed E-state index contributed by atoms with van der Waals surface area (Å²) in [4.78, 5) is 16.8. The number of amides is 1. The van der Waals surface area contributed by atoms with Gasteiger partial charge in [0, 0.05) is 19.5 Å². The van der Waals surface area contributed by atoms with Crippen molar-refractivity contribution >= 4 is 16.9 Å². The molecule has 2 heterocycles. The highest BCUT2D eigenvalue weighted by atomic mass is 16.3. The summed E-state index contributed by atoms with van der Waals surface area (Å²) in [5, 5.41) is 2.89. The Balaban J connectivity index is 1.48. The third-order valence-electron chi connectivity index (χ3n) is 4.58. The van der Waals surface area contributed by atoms with Crippen molar-refractivity contribution in [1.29, 1.82) is 0 Å². The van der Waals surface area contributed by atoms with Crippen LogP contribution >= 0.6 is 0 Å². The summed E-state index contributed by atoms with van der Waals surface area (Å²) in [6.07, 6.45) is 3.10. The number of aryl methyl sites for hydroxylation is 2. The molecule has 0 bridgehead atoms. The highest BCUT2D eigenvalue weighted by Gasteiger charge is 2.12. The van der Waals surface area contributed by atoms with Crippen LogP contribution in [0.15, 0.2) is 77.4 Å². The second-order valence-corrected chi connectivity index (χ2v) is 6.39. The van der Waals surface area contributed by atoms with Crippen LogP contribution in [0, 0.1) is 0 Å². The highest BCUT2D eigenvalue weighted by Crippen LogP contribution is 2.17. The number of nitrogens with zero attached hydrogens (tertiary/aromatic N) is 2. The van der Waals surface area contributed by atoms with E-state index in [9.17, 15) is 4.79 Å². The Morgan fingerprint density at radius 1 is 0.963 bits per heavy atom. The van der Waals surface area contributed by atoms with Crippen LogP contribution in [0.2, 0.25) is 0 Å². The van der Waals surface area contributed by atoms with E-state index < -0.39 is 0 Å². The summed E-state index contributed by atoms with van der Waals surface area (Å²) in [7, 11) is 0. The lowest BCUT2D eigenvalue weighted by Crippen LogP contribution is -2.26. The Morgan fingerprint density at radius 2 is 1.78 bits per heavy atom. The first-order valence-electron chi connectivity index (χ1n) is 9.11. The van der Waals surface area contributed by atoms with Gasteiger partial charge in [-0.1, -0.05) is 42.5 Å². The summed E-state index contributed by atoms with van der Waals surface area (Å²) in [6.45, 7) is 1.36. The molecule has 2 aromatic carbocycles. The number of hydrogen-bond acceptors (Lipinski definition) is 3. The monoisotopic (exact) mass is 359 g/mol. The summed E-state index contributed by atoms with van der Waals surface area (Å²) in [5.74, 6) is 1.10. The van der Waals surface area contributed by atoms with Crippen molar-refractivity contribution in [3.05, 3.63) is 90.1 Å². The van der Waals surface area contributed by atoms with E-state index in [1.165, 1.54) is 11.8 Å². The zero-order valence-electron chi connectivity index (χ0n) is 15.0. The quantitative estimate of drug-likeness (QED) is 0.545. The molecular weight excluding hydrogens is 338 g/mol. The maximum Gasteiger partial charge on any atom is 0.286 e. The smallest absolute Gasteiger partial charge is 0.286 e. The van der Waals surface area contributed by atoms with Crippen LogP contribution in [-0.2, 0) is 19.4 Å². The first-order chi connectivity index (χ1) is 13.3.